The van der Waals surface area contributed by atoms with E-state index >= 15 is 0 Å². The molecular formula is C10H16N2S. The maximum absolute atomic E-state index is 4.50. The van der Waals surface area contributed by atoms with Gasteiger partial charge in [-0.15, -0.1) is 0 Å². The van der Waals surface area contributed by atoms with Crippen LogP contribution in [0.1, 0.15) is 25.7 Å². The third kappa shape index (κ3) is 1.21. The highest BCUT2D eigenvalue weighted by Gasteiger charge is 2.39. The van der Waals surface area contributed by atoms with Gasteiger partial charge in [-0.1, -0.05) is 6.42 Å². The van der Waals surface area contributed by atoms with Crippen LogP contribution < -0.4 is 10.6 Å². The van der Waals surface area contributed by atoms with E-state index in [-0.39, 0.29) is 0 Å². The summed E-state index contributed by atoms with van der Waals surface area (Å²) in [6.07, 6.45) is 5.32. The molecule has 3 rings (SSSR count). The molecule has 3 atom stereocenters. The standard InChI is InChI=1S/C10H16N2S/c13-10-4-7-6-2-1-3-8(6)12-9(7)5-11-10/h6,8,10-13H,1-5H2. The van der Waals surface area contributed by atoms with Crippen LogP contribution in [0.5, 0.6) is 0 Å². The maximum atomic E-state index is 4.50. The fourth-order valence-corrected chi connectivity index (χ4v) is 3.32. The van der Waals surface area contributed by atoms with Gasteiger partial charge in [0.1, 0.15) is 0 Å². The van der Waals surface area contributed by atoms with Gasteiger partial charge in [-0.05, 0) is 24.8 Å². The molecule has 0 aromatic rings. The fourth-order valence-electron chi connectivity index (χ4n) is 3.03. The first-order valence-corrected chi connectivity index (χ1v) is 5.76. The molecule has 1 saturated carbocycles. The predicted molar refractivity (Wildman–Crippen MR) is 56.7 cm³/mol. The van der Waals surface area contributed by atoms with Crippen LogP contribution in [-0.4, -0.2) is 18.0 Å². The van der Waals surface area contributed by atoms with Crippen LogP contribution in [0.2, 0.25) is 0 Å². The van der Waals surface area contributed by atoms with E-state index in [2.05, 4.69) is 23.3 Å². The summed E-state index contributed by atoms with van der Waals surface area (Å²) in [6.45, 7) is 1.01. The molecule has 0 bridgehead atoms. The van der Waals surface area contributed by atoms with Gasteiger partial charge in [0.25, 0.3) is 0 Å². The van der Waals surface area contributed by atoms with Crippen molar-refractivity contribution < 1.29 is 0 Å². The smallest absolute Gasteiger partial charge is 0.0543 e. The number of hydrogen-bond donors (Lipinski definition) is 3. The van der Waals surface area contributed by atoms with E-state index in [0.29, 0.717) is 5.37 Å². The highest BCUT2D eigenvalue weighted by molar-refractivity contribution is 7.80. The van der Waals surface area contributed by atoms with E-state index in [1.54, 1.807) is 5.57 Å². The Kier molecular flexibility index (Phi) is 1.84. The van der Waals surface area contributed by atoms with E-state index in [1.165, 1.54) is 25.0 Å². The average molecular weight is 196 g/mol. The minimum absolute atomic E-state index is 0.389. The van der Waals surface area contributed by atoms with Crippen molar-refractivity contribution in [2.45, 2.75) is 37.1 Å². The fraction of sp³-hybridized carbons (Fsp3) is 0.800. The summed E-state index contributed by atoms with van der Waals surface area (Å²) in [7, 11) is 0. The molecule has 2 heterocycles. The summed E-state index contributed by atoms with van der Waals surface area (Å²) in [4.78, 5) is 0. The Balaban J connectivity index is 1.87. The van der Waals surface area contributed by atoms with Crippen LogP contribution in [0.3, 0.4) is 0 Å². The first-order chi connectivity index (χ1) is 6.34. The Morgan fingerprint density at radius 3 is 3.15 bits per heavy atom. The van der Waals surface area contributed by atoms with Crippen molar-refractivity contribution in [3.63, 3.8) is 0 Å². The number of nitrogens with one attached hydrogen (secondary N) is 2. The van der Waals surface area contributed by atoms with Gasteiger partial charge in [0.15, 0.2) is 0 Å². The van der Waals surface area contributed by atoms with Crippen LogP contribution in [0.4, 0.5) is 0 Å². The zero-order valence-corrected chi connectivity index (χ0v) is 8.61. The topological polar surface area (TPSA) is 24.1 Å². The van der Waals surface area contributed by atoms with Gasteiger partial charge in [-0.3, -0.25) is 5.32 Å². The summed E-state index contributed by atoms with van der Waals surface area (Å²) in [5.74, 6) is 0.853. The Morgan fingerprint density at radius 1 is 1.31 bits per heavy atom. The Morgan fingerprint density at radius 2 is 2.23 bits per heavy atom. The van der Waals surface area contributed by atoms with E-state index in [4.69, 9.17) is 0 Å². The van der Waals surface area contributed by atoms with Crippen LogP contribution >= 0.6 is 12.6 Å². The second-order valence-electron chi connectivity index (χ2n) is 4.39. The molecule has 1 fully saturated rings. The molecule has 0 radical (unpaired) electrons. The summed E-state index contributed by atoms with van der Waals surface area (Å²) in [6, 6.07) is 0.769. The Labute approximate surface area is 84.6 Å². The second-order valence-corrected chi connectivity index (χ2v) is 5.02. The normalized spacial score (nSPS) is 43.0. The third-order valence-electron chi connectivity index (χ3n) is 3.64. The second kappa shape index (κ2) is 2.92. The van der Waals surface area contributed by atoms with Gasteiger partial charge in [0, 0.05) is 24.2 Å². The number of rotatable bonds is 0. The van der Waals surface area contributed by atoms with Crippen molar-refractivity contribution in [1.82, 2.24) is 10.6 Å². The van der Waals surface area contributed by atoms with Gasteiger partial charge < -0.3 is 5.32 Å². The SMILES string of the molecule is SC1CC2=C(CN1)NC1CCCC21. The molecule has 0 aromatic carbocycles. The molecule has 3 heteroatoms. The summed E-state index contributed by atoms with van der Waals surface area (Å²) in [5, 5.41) is 7.43. The van der Waals surface area contributed by atoms with Crippen molar-refractivity contribution in [2.24, 2.45) is 5.92 Å². The first-order valence-electron chi connectivity index (χ1n) is 5.24. The van der Waals surface area contributed by atoms with Gasteiger partial charge in [0.05, 0.1) is 5.37 Å². The molecule has 13 heavy (non-hydrogen) atoms. The zero-order valence-electron chi connectivity index (χ0n) is 7.71. The van der Waals surface area contributed by atoms with E-state index in [9.17, 15) is 0 Å². The van der Waals surface area contributed by atoms with E-state index in [0.717, 1.165) is 24.9 Å². The molecule has 2 nitrogen and oxygen atoms in total. The molecule has 72 valence electrons. The molecule has 1 aliphatic carbocycles. The van der Waals surface area contributed by atoms with Crippen molar-refractivity contribution in [3.05, 3.63) is 11.3 Å². The van der Waals surface area contributed by atoms with Gasteiger partial charge >= 0.3 is 0 Å². The highest BCUT2D eigenvalue weighted by Crippen LogP contribution is 2.41. The minimum atomic E-state index is 0.389. The van der Waals surface area contributed by atoms with E-state index < -0.39 is 0 Å². The van der Waals surface area contributed by atoms with Gasteiger partial charge in [-0.2, -0.15) is 12.6 Å². The minimum Gasteiger partial charge on any atom is -0.384 e. The number of thiol groups is 1. The monoisotopic (exact) mass is 196 g/mol. The summed E-state index contributed by atoms with van der Waals surface area (Å²) < 4.78 is 0. The van der Waals surface area contributed by atoms with Gasteiger partial charge in [0.2, 0.25) is 0 Å². The largest absolute Gasteiger partial charge is 0.384 e. The lowest BCUT2D eigenvalue weighted by molar-refractivity contribution is 0.528. The van der Waals surface area contributed by atoms with Crippen molar-refractivity contribution >= 4 is 12.6 Å². The number of fused-ring (bicyclic) bond motifs is 2. The molecular weight excluding hydrogens is 180 g/mol. The molecule has 0 aromatic heterocycles. The molecule has 0 spiro atoms. The lowest BCUT2D eigenvalue weighted by atomic mass is 9.93. The Bertz CT molecular complexity index is 262. The molecule has 2 aliphatic heterocycles. The molecule has 2 N–H and O–H groups in total. The van der Waals surface area contributed by atoms with Crippen LogP contribution in [0, 0.1) is 5.92 Å². The third-order valence-corrected chi connectivity index (χ3v) is 4.00. The van der Waals surface area contributed by atoms with E-state index in [1.807, 2.05) is 0 Å². The van der Waals surface area contributed by atoms with Crippen molar-refractivity contribution in [2.75, 3.05) is 6.54 Å². The maximum Gasteiger partial charge on any atom is 0.0543 e. The first kappa shape index (κ1) is 8.18. The van der Waals surface area contributed by atoms with Crippen LogP contribution in [-0.2, 0) is 0 Å². The highest BCUT2D eigenvalue weighted by atomic mass is 32.1. The van der Waals surface area contributed by atoms with Crippen LogP contribution in [0.25, 0.3) is 0 Å². The Hall–Kier alpha value is -0.150. The van der Waals surface area contributed by atoms with Crippen molar-refractivity contribution in [3.8, 4) is 0 Å². The molecule has 0 amide bonds. The van der Waals surface area contributed by atoms with Crippen molar-refractivity contribution in [1.29, 1.82) is 0 Å². The summed E-state index contributed by atoms with van der Waals surface area (Å²) >= 11 is 4.50. The average Bonchev–Trinajstić information content (AvgIpc) is 2.64. The van der Waals surface area contributed by atoms with Gasteiger partial charge in [-0.25, -0.2) is 0 Å². The molecule has 3 aliphatic rings. The summed E-state index contributed by atoms with van der Waals surface area (Å²) in [5.41, 5.74) is 3.17. The van der Waals surface area contributed by atoms with Crippen LogP contribution in [0.15, 0.2) is 11.3 Å². The quantitative estimate of drug-likeness (QED) is 0.508. The zero-order chi connectivity index (χ0) is 8.84. The predicted octanol–water partition coefficient (Wildman–Crippen LogP) is 1.26. The molecule has 0 saturated heterocycles. The number of hydrogen-bond acceptors (Lipinski definition) is 3. The molecule has 3 unspecified atom stereocenters. The lowest BCUT2D eigenvalue weighted by Gasteiger charge is -2.23. The lowest BCUT2D eigenvalue weighted by Crippen LogP contribution is -2.34.